The lowest BCUT2D eigenvalue weighted by Crippen LogP contribution is -2.51. The van der Waals surface area contributed by atoms with Crippen molar-refractivity contribution in [2.45, 2.75) is 82.6 Å². The Hall–Kier alpha value is -1.67. The number of imide groups is 1. The molecular weight excluding hydrogens is 372 g/mol. The predicted octanol–water partition coefficient (Wildman–Crippen LogP) is 1.34. The fourth-order valence-electron chi connectivity index (χ4n) is 5.63. The second-order valence-electron chi connectivity index (χ2n) is 9.29. The maximum Gasteiger partial charge on any atom is 0.325 e. The van der Waals surface area contributed by atoms with Crippen molar-refractivity contribution in [1.82, 2.24) is 20.0 Å². The second kappa shape index (κ2) is 8.22. The lowest BCUT2D eigenvalue weighted by Gasteiger charge is -2.38. The molecule has 1 spiro atoms. The highest BCUT2D eigenvalue weighted by Gasteiger charge is 2.52. The first kappa shape index (κ1) is 20.6. The number of rotatable bonds is 5. The van der Waals surface area contributed by atoms with E-state index in [0.717, 1.165) is 51.9 Å². The van der Waals surface area contributed by atoms with E-state index in [-0.39, 0.29) is 49.1 Å². The molecule has 4 aliphatic rings. The number of hydrogen-bond donors (Lipinski definition) is 1. The van der Waals surface area contributed by atoms with Gasteiger partial charge in [0.1, 0.15) is 5.54 Å². The number of ether oxygens (including phenoxy) is 1. The number of nitrogens with zero attached hydrogens (tertiary/aromatic N) is 3. The third kappa shape index (κ3) is 4.14. The molecule has 8 nitrogen and oxygen atoms in total. The van der Waals surface area contributed by atoms with Crippen molar-refractivity contribution in [2.24, 2.45) is 0 Å². The topological polar surface area (TPSA) is 82.2 Å². The average Bonchev–Trinajstić information content (AvgIpc) is 3.35. The van der Waals surface area contributed by atoms with Gasteiger partial charge in [0.15, 0.2) is 0 Å². The summed E-state index contributed by atoms with van der Waals surface area (Å²) in [4.78, 5) is 43.6. The second-order valence-corrected chi connectivity index (χ2v) is 9.29. The zero-order chi connectivity index (χ0) is 20.6. The van der Waals surface area contributed by atoms with Crippen LogP contribution in [-0.2, 0) is 14.3 Å². The molecule has 1 saturated carbocycles. The average molecular weight is 407 g/mol. The lowest BCUT2D eigenvalue weighted by molar-refractivity contribution is -0.134. The van der Waals surface area contributed by atoms with Crippen LogP contribution in [0.25, 0.3) is 0 Å². The molecule has 1 N–H and O–H groups in total. The molecule has 3 heterocycles. The zero-order valence-electron chi connectivity index (χ0n) is 17.7. The van der Waals surface area contributed by atoms with E-state index in [1.807, 2.05) is 4.90 Å². The van der Waals surface area contributed by atoms with Gasteiger partial charge in [-0.1, -0.05) is 12.8 Å². The molecular formula is C21H34N4O4. The molecule has 1 aliphatic carbocycles. The fourth-order valence-corrected chi connectivity index (χ4v) is 5.63. The molecule has 0 radical (unpaired) electrons. The number of morpholine rings is 1. The van der Waals surface area contributed by atoms with Crippen molar-refractivity contribution in [3.8, 4) is 0 Å². The molecule has 0 aromatic rings. The summed E-state index contributed by atoms with van der Waals surface area (Å²) in [6, 6.07) is -0.122. The van der Waals surface area contributed by atoms with Crippen LogP contribution in [0.3, 0.4) is 0 Å². The Morgan fingerprint density at radius 3 is 2.52 bits per heavy atom. The van der Waals surface area contributed by atoms with Crippen LogP contribution in [0, 0.1) is 0 Å². The van der Waals surface area contributed by atoms with E-state index < -0.39 is 5.54 Å². The largest absolute Gasteiger partial charge is 0.373 e. The van der Waals surface area contributed by atoms with Gasteiger partial charge >= 0.3 is 6.03 Å². The standard InChI is InChI=1S/C21H34N4O4/c1-15-12-23(13-16(2)29-15)14-17-6-5-10-24(17)18(26)7-11-25-19(27)21(22-20(25)28)8-3-4-9-21/h15-17H,3-14H2,1-2H3,(H,22,28). The third-order valence-electron chi connectivity index (χ3n) is 6.91. The quantitative estimate of drug-likeness (QED) is 0.697. The van der Waals surface area contributed by atoms with E-state index in [1.165, 1.54) is 4.90 Å². The first-order chi connectivity index (χ1) is 13.9. The smallest absolute Gasteiger partial charge is 0.325 e. The van der Waals surface area contributed by atoms with E-state index in [1.54, 1.807) is 0 Å². The molecule has 162 valence electrons. The van der Waals surface area contributed by atoms with Gasteiger partial charge in [-0.15, -0.1) is 0 Å². The molecule has 0 aromatic heterocycles. The summed E-state index contributed by atoms with van der Waals surface area (Å²) in [7, 11) is 0. The maximum atomic E-state index is 12.9. The van der Waals surface area contributed by atoms with Crippen LogP contribution in [0.5, 0.6) is 0 Å². The number of urea groups is 1. The van der Waals surface area contributed by atoms with Crippen LogP contribution in [0.2, 0.25) is 0 Å². The Bertz CT molecular complexity index is 653. The Morgan fingerprint density at radius 2 is 1.83 bits per heavy atom. The number of carbonyl (C=O) groups is 3. The van der Waals surface area contributed by atoms with E-state index in [0.29, 0.717) is 12.8 Å². The molecule has 3 aliphatic heterocycles. The van der Waals surface area contributed by atoms with E-state index in [4.69, 9.17) is 4.74 Å². The number of nitrogens with one attached hydrogen (secondary N) is 1. The van der Waals surface area contributed by atoms with Crippen molar-refractivity contribution < 1.29 is 19.1 Å². The maximum absolute atomic E-state index is 12.9. The first-order valence-corrected chi connectivity index (χ1v) is 11.2. The lowest BCUT2D eigenvalue weighted by atomic mass is 9.98. The highest BCUT2D eigenvalue weighted by atomic mass is 16.5. The van der Waals surface area contributed by atoms with Crippen LogP contribution in [-0.4, -0.2) is 89.1 Å². The van der Waals surface area contributed by atoms with Gasteiger partial charge in [-0.25, -0.2) is 4.79 Å². The van der Waals surface area contributed by atoms with Crippen LogP contribution in [0.4, 0.5) is 4.79 Å². The summed E-state index contributed by atoms with van der Waals surface area (Å²) in [6.07, 6.45) is 6.02. The van der Waals surface area contributed by atoms with Crippen molar-refractivity contribution in [3.05, 3.63) is 0 Å². The van der Waals surface area contributed by atoms with Gasteiger partial charge < -0.3 is 15.0 Å². The third-order valence-corrected chi connectivity index (χ3v) is 6.91. The summed E-state index contributed by atoms with van der Waals surface area (Å²) in [6.45, 7) is 7.80. The van der Waals surface area contributed by atoms with Crippen molar-refractivity contribution >= 4 is 17.8 Å². The number of carbonyl (C=O) groups excluding carboxylic acids is 3. The Labute approximate surface area is 172 Å². The molecule has 4 amide bonds. The highest BCUT2D eigenvalue weighted by Crippen LogP contribution is 2.35. The molecule has 0 bridgehead atoms. The Balaban J connectivity index is 1.31. The molecule has 4 fully saturated rings. The number of likely N-dealkylation sites (tertiary alicyclic amines) is 1. The van der Waals surface area contributed by atoms with E-state index in [2.05, 4.69) is 24.1 Å². The molecule has 3 saturated heterocycles. The van der Waals surface area contributed by atoms with Gasteiger partial charge in [-0.05, 0) is 39.5 Å². The number of hydrogen-bond acceptors (Lipinski definition) is 5. The van der Waals surface area contributed by atoms with Crippen molar-refractivity contribution in [1.29, 1.82) is 0 Å². The SMILES string of the molecule is CC1CN(CC2CCCN2C(=O)CCN2C(=O)NC3(CCCC3)C2=O)CC(C)O1. The van der Waals surface area contributed by atoms with Gasteiger partial charge in [0.25, 0.3) is 5.91 Å². The normalized spacial score (nSPS) is 32.4. The van der Waals surface area contributed by atoms with Crippen LogP contribution >= 0.6 is 0 Å². The number of amides is 4. The Kier molecular flexibility index (Phi) is 5.84. The van der Waals surface area contributed by atoms with E-state index in [9.17, 15) is 14.4 Å². The van der Waals surface area contributed by atoms with Crippen LogP contribution < -0.4 is 5.32 Å². The minimum atomic E-state index is -0.694. The van der Waals surface area contributed by atoms with Gasteiger partial charge in [0.2, 0.25) is 5.91 Å². The van der Waals surface area contributed by atoms with Gasteiger partial charge in [0, 0.05) is 45.2 Å². The predicted molar refractivity (Wildman–Crippen MR) is 107 cm³/mol. The van der Waals surface area contributed by atoms with Gasteiger partial charge in [0.05, 0.1) is 12.2 Å². The van der Waals surface area contributed by atoms with Gasteiger partial charge in [-0.3, -0.25) is 19.4 Å². The zero-order valence-corrected chi connectivity index (χ0v) is 17.7. The summed E-state index contributed by atoms with van der Waals surface area (Å²) < 4.78 is 5.81. The van der Waals surface area contributed by atoms with Gasteiger partial charge in [-0.2, -0.15) is 0 Å². The molecule has 4 rings (SSSR count). The summed E-state index contributed by atoms with van der Waals surface area (Å²) >= 11 is 0. The minimum Gasteiger partial charge on any atom is -0.373 e. The van der Waals surface area contributed by atoms with Crippen molar-refractivity contribution in [3.63, 3.8) is 0 Å². The highest BCUT2D eigenvalue weighted by molar-refractivity contribution is 6.07. The molecule has 3 atom stereocenters. The van der Waals surface area contributed by atoms with Crippen LogP contribution in [0.15, 0.2) is 0 Å². The van der Waals surface area contributed by atoms with E-state index >= 15 is 0 Å². The molecule has 3 unspecified atom stereocenters. The van der Waals surface area contributed by atoms with Crippen LogP contribution in [0.1, 0.15) is 58.8 Å². The minimum absolute atomic E-state index is 0.0508. The Morgan fingerprint density at radius 1 is 1.14 bits per heavy atom. The first-order valence-electron chi connectivity index (χ1n) is 11.2. The monoisotopic (exact) mass is 406 g/mol. The van der Waals surface area contributed by atoms with Crippen molar-refractivity contribution in [2.75, 3.05) is 32.7 Å². The molecule has 8 heteroatoms. The summed E-state index contributed by atoms with van der Waals surface area (Å²) in [5.74, 6) is -0.0862. The molecule has 0 aromatic carbocycles. The molecule has 29 heavy (non-hydrogen) atoms. The summed E-state index contributed by atoms with van der Waals surface area (Å²) in [5.41, 5.74) is -0.694. The summed E-state index contributed by atoms with van der Waals surface area (Å²) in [5, 5.41) is 2.89. The fraction of sp³-hybridized carbons (Fsp3) is 0.857.